The molecule has 1 nitrogen and oxygen atoms in total. The van der Waals surface area contributed by atoms with E-state index in [0.717, 1.165) is 18.6 Å². The minimum atomic E-state index is 0.0224. The van der Waals surface area contributed by atoms with Crippen molar-refractivity contribution in [3.05, 3.63) is 57.7 Å². The SMILES string of the molecule is COc1c(C(C)(C)C)cc2c(c1-c1cc(C)cc(C)c1)CC(CC(C)(C)C)=C2. The van der Waals surface area contributed by atoms with Gasteiger partial charge in [-0.2, -0.15) is 0 Å². The Labute approximate surface area is 171 Å². The first-order valence-electron chi connectivity index (χ1n) is 10.4. The molecule has 0 spiro atoms. The van der Waals surface area contributed by atoms with Crippen LogP contribution in [-0.4, -0.2) is 7.11 Å². The van der Waals surface area contributed by atoms with E-state index in [4.69, 9.17) is 4.74 Å². The summed E-state index contributed by atoms with van der Waals surface area (Å²) in [4.78, 5) is 0. The first kappa shape index (κ1) is 20.7. The topological polar surface area (TPSA) is 9.23 Å². The summed E-state index contributed by atoms with van der Waals surface area (Å²) in [5.41, 5.74) is 11.1. The van der Waals surface area contributed by atoms with Crippen LogP contribution in [0.5, 0.6) is 5.75 Å². The van der Waals surface area contributed by atoms with Gasteiger partial charge in [0, 0.05) is 11.1 Å². The van der Waals surface area contributed by atoms with Gasteiger partial charge in [0.15, 0.2) is 0 Å². The molecule has 0 heterocycles. The standard InChI is InChI=1S/C27H36O/c1-17-10-18(2)12-21(11-17)24-22-14-19(16-26(3,4)5)13-20(22)15-23(25(24)28-9)27(6,7)8/h10-13,15H,14,16H2,1-9H3. The Kier molecular flexibility index (Phi) is 5.25. The Morgan fingerprint density at radius 1 is 0.893 bits per heavy atom. The maximum atomic E-state index is 6.08. The summed E-state index contributed by atoms with van der Waals surface area (Å²) in [6, 6.07) is 9.22. The average Bonchev–Trinajstić information content (AvgIpc) is 2.90. The number of fused-ring (bicyclic) bond motifs is 1. The Balaban J connectivity index is 2.27. The second-order valence-electron chi connectivity index (χ2n) is 10.7. The summed E-state index contributed by atoms with van der Waals surface area (Å²) in [5.74, 6) is 1.04. The van der Waals surface area contributed by atoms with E-state index in [0.29, 0.717) is 5.41 Å². The minimum absolute atomic E-state index is 0.0224. The fourth-order valence-electron chi connectivity index (χ4n) is 4.53. The molecule has 0 radical (unpaired) electrons. The van der Waals surface area contributed by atoms with Crippen molar-refractivity contribution >= 4 is 6.08 Å². The third-order valence-corrected chi connectivity index (χ3v) is 5.47. The lowest BCUT2D eigenvalue weighted by molar-refractivity contribution is 0.398. The third-order valence-electron chi connectivity index (χ3n) is 5.47. The number of benzene rings is 2. The molecular weight excluding hydrogens is 340 g/mol. The molecule has 0 saturated heterocycles. The lowest BCUT2D eigenvalue weighted by atomic mass is 9.81. The molecular formula is C27H36O. The molecule has 0 aromatic heterocycles. The largest absolute Gasteiger partial charge is 0.496 e. The summed E-state index contributed by atoms with van der Waals surface area (Å²) in [5, 5.41) is 0. The predicted octanol–water partition coefficient (Wildman–Crippen LogP) is 7.65. The summed E-state index contributed by atoms with van der Waals surface area (Å²) >= 11 is 0. The highest BCUT2D eigenvalue weighted by Crippen LogP contribution is 2.47. The van der Waals surface area contributed by atoms with Gasteiger partial charge in [-0.25, -0.2) is 0 Å². The predicted molar refractivity (Wildman–Crippen MR) is 122 cm³/mol. The highest BCUT2D eigenvalue weighted by molar-refractivity contribution is 5.84. The molecule has 0 atom stereocenters. The van der Waals surface area contributed by atoms with Crippen LogP contribution in [0.1, 0.15) is 75.8 Å². The molecule has 0 unspecified atom stereocenters. The van der Waals surface area contributed by atoms with Crippen LogP contribution >= 0.6 is 0 Å². The molecule has 0 saturated carbocycles. The quantitative estimate of drug-likeness (QED) is 0.534. The molecule has 0 N–H and O–H groups in total. The van der Waals surface area contributed by atoms with Crippen molar-refractivity contribution in [2.75, 3.05) is 7.11 Å². The zero-order valence-electron chi connectivity index (χ0n) is 19.2. The number of ether oxygens (including phenoxy) is 1. The van der Waals surface area contributed by atoms with Crippen LogP contribution in [0.25, 0.3) is 17.2 Å². The van der Waals surface area contributed by atoms with E-state index in [1.54, 1.807) is 0 Å². The average molecular weight is 377 g/mol. The molecule has 3 rings (SSSR count). The van der Waals surface area contributed by atoms with E-state index in [2.05, 4.69) is 85.7 Å². The Morgan fingerprint density at radius 2 is 1.50 bits per heavy atom. The molecule has 0 amide bonds. The van der Waals surface area contributed by atoms with E-state index < -0.39 is 0 Å². The van der Waals surface area contributed by atoms with Gasteiger partial charge in [0.05, 0.1) is 7.11 Å². The highest BCUT2D eigenvalue weighted by atomic mass is 16.5. The first-order chi connectivity index (χ1) is 12.9. The van der Waals surface area contributed by atoms with Crippen LogP contribution in [0.4, 0.5) is 0 Å². The molecule has 2 aromatic carbocycles. The summed E-state index contributed by atoms with van der Waals surface area (Å²) < 4.78 is 6.08. The van der Waals surface area contributed by atoms with Crippen LogP contribution in [0.3, 0.4) is 0 Å². The van der Waals surface area contributed by atoms with Gasteiger partial charge in [0.25, 0.3) is 0 Å². The molecule has 0 aliphatic heterocycles. The molecule has 1 aliphatic rings. The molecule has 150 valence electrons. The van der Waals surface area contributed by atoms with Crippen LogP contribution in [0.2, 0.25) is 0 Å². The van der Waals surface area contributed by atoms with Gasteiger partial charge in [-0.3, -0.25) is 0 Å². The Morgan fingerprint density at radius 3 is 2.00 bits per heavy atom. The second kappa shape index (κ2) is 7.10. The van der Waals surface area contributed by atoms with Crippen molar-refractivity contribution in [2.24, 2.45) is 5.41 Å². The highest BCUT2D eigenvalue weighted by Gasteiger charge is 2.29. The van der Waals surface area contributed by atoms with Crippen molar-refractivity contribution in [2.45, 2.75) is 73.6 Å². The fourth-order valence-corrected chi connectivity index (χ4v) is 4.53. The third kappa shape index (κ3) is 4.19. The first-order valence-corrected chi connectivity index (χ1v) is 10.4. The summed E-state index contributed by atoms with van der Waals surface area (Å²) in [6.45, 7) is 18.2. The maximum absolute atomic E-state index is 6.08. The monoisotopic (exact) mass is 376 g/mol. The Bertz CT molecular complexity index is 910. The maximum Gasteiger partial charge on any atom is 0.130 e. The number of allylic oxidation sites excluding steroid dienone is 1. The molecule has 0 bridgehead atoms. The minimum Gasteiger partial charge on any atom is -0.496 e. The number of hydrogen-bond donors (Lipinski definition) is 0. The molecule has 1 heteroatoms. The van der Waals surface area contributed by atoms with Crippen molar-refractivity contribution in [3.8, 4) is 16.9 Å². The van der Waals surface area contributed by atoms with E-state index >= 15 is 0 Å². The van der Waals surface area contributed by atoms with Gasteiger partial charge in [-0.15, -0.1) is 0 Å². The molecule has 2 aromatic rings. The Hall–Kier alpha value is -2.02. The van der Waals surface area contributed by atoms with E-state index in [1.807, 2.05) is 7.11 Å². The zero-order chi connectivity index (χ0) is 20.9. The van der Waals surface area contributed by atoms with Crippen molar-refractivity contribution < 1.29 is 4.74 Å². The number of hydrogen-bond acceptors (Lipinski definition) is 1. The van der Waals surface area contributed by atoms with Crippen LogP contribution < -0.4 is 4.74 Å². The number of rotatable bonds is 3. The van der Waals surface area contributed by atoms with Gasteiger partial charge in [0.2, 0.25) is 0 Å². The smallest absolute Gasteiger partial charge is 0.130 e. The van der Waals surface area contributed by atoms with Crippen molar-refractivity contribution in [3.63, 3.8) is 0 Å². The van der Waals surface area contributed by atoms with E-state index in [1.165, 1.54) is 44.5 Å². The van der Waals surface area contributed by atoms with Crippen molar-refractivity contribution in [1.82, 2.24) is 0 Å². The lowest BCUT2D eigenvalue weighted by Crippen LogP contribution is -2.14. The fraction of sp³-hybridized carbons (Fsp3) is 0.481. The van der Waals surface area contributed by atoms with E-state index in [-0.39, 0.29) is 5.41 Å². The second-order valence-corrected chi connectivity index (χ2v) is 10.7. The molecule has 28 heavy (non-hydrogen) atoms. The van der Waals surface area contributed by atoms with Crippen LogP contribution in [0.15, 0.2) is 29.8 Å². The van der Waals surface area contributed by atoms with Gasteiger partial charge in [-0.1, -0.05) is 82.5 Å². The zero-order valence-corrected chi connectivity index (χ0v) is 19.2. The van der Waals surface area contributed by atoms with Crippen LogP contribution in [0, 0.1) is 19.3 Å². The lowest BCUT2D eigenvalue weighted by Gasteiger charge is -2.27. The van der Waals surface area contributed by atoms with Gasteiger partial charge in [-0.05, 0) is 60.3 Å². The summed E-state index contributed by atoms with van der Waals surface area (Å²) in [6.07, 6.45) is 4.58. The number of aryl methyl sites for hydroxylation is 2. The number of methoxy groups -OCH3 is 1. The van der Waals surface area contributed by atoms with Gasteiger partial charge in [0.1, 0.15) is 5.75 Å². The van der Waals surface area contributed by atoms with Gasteiger partial charge < -0.3 is 4.74 Å². The molecule has 1 aliphatic carbocycles. The van der Waals surface area contributed by atoms with Crippen molar-refractivity contribution in [1.29, 1.82) is 0 Å². The van der Waals surface area contributed by atoms with Crippen LogP contribution in [-0.2, 0) is 11.8 Å². The van der Waals surface area contributed by atoms with E-state index in [9.17, 15) is 0 Å². The summed E-state index contributed by atoms with van der Waals surface area (Å²) in [7, 11) is 1.82. The normalized spacial score (nSPS) is 14.1. The molecule has 0 fully saturated rings. The van der Waals surface area contributed by atoms with Gasteiger partial charge >= 0.3 is 0 Å².